The monoisotopic (exact) mass is 808 g/mol. The smallest absolute Gasteiger partial charge is 0.246 e. The van der Waals surface area contributed by atoms with E-state index in [4.69, 9.17) is 33.5 Å². The number of aliphatic hydroxyl groups excluding tert-OH is 5. The van der Waals surface area contributed by atoms with Crippen LogP contribution in [0, 0.1) is 5.92 Å². The molecule has 2 amide bonds. The van der Waals surface area contributed by atoms with Gasteiger partial charge in [0.2, 0.25) is 11.8 Å². The number of rotatable bonds is 16. The van der Waals surface area contributed by atoms with Gasteiger partial charge in [0, 0.05) is 36.7 Å². The van der Waals surface area contributed by atoms with E-state index < -0.39 is 72.4 Å². The number of carbonyl (C=O) groups is 2. The van der Waals surface area contributed by atoms with E-state index in [1.807, 2.05) is 0 Å². The van der Waals surface area contributed by atoms with Crippen LogP contribution in [-0.4, -0.2) is 127 Å². The van der Waals surface area contributed by atoms with Crippen molar-refractivity contribution in [1.82, 2.24) is 10.6 Å². The lowest BCUT2D eigenvalue weighted by Crippen LogP contribution is -2.63. The van der Waals surface area contributed by atoms with Gasteiger partial charge in [-0.15, -0.1) is 0 Å². The Labute approximate surface area is 335 Å². The predicted octanol–water partition coefficient (Wildman–Crippen LogP) is 0.738. The highest BCUT2D eigenvalue weighted by Gasteiger charge is 2.77. The highest BCUT2D eigenvalue weighted by molar-refractivity contribution is 5.92. The molecular formula is C42H52N2O14. The number of hydrogen-bond acceptors (Lipinski definition) is 14. The van der Waals surface area contributed by atoms with E-state index in [1.165, 1.54) is 33.5 Å². The van der Waals surface area contributed by atoms with Gasteiger partial charge >= 0.3 is 0 Å². The number of hydrogen-bond donors (Lipinski definition) is 8. The van der Waals surface area contributed by atoms with Crippen molar-refractivity contribution < 1.29 is 68.6 Å². The standard InChI is InChI=1S/C42H52N2O14/c1-23(16-19-45)37(50)43-17-8-9-18-44-38(51)33-31(24-10-6-5-7-11-24)42(25-12-14-26(53-2)15-13-25)40(57-39-36(49)35(48)34(47)30(22-46)56-39)41(33,52)32-28(55-4)20-27(54-3)21-29(32)58-42/h5-7,10-16,20-21,30-31,33-36,39-40,45-49,52H,8-9,17-19,22H2,1-4H3,(H,43,50)(H,44,51)/b23-16+/t30-,31-,33+,34-,35+,36-,39+,40?,41+,42+/m1/s1. The Bertz CT molecular complexity index is 1930. The summed E-state index contributed by atoms with van der Waals surface area (Å²) >= 11 is 0. The maximum absolute atomic E-state index is 15.0. The van der Waals surface area contributed by atoms with Crippen molar-refractivity contribution in [3.05, 3.63) is 95.1 Å². The summed E-state index contributed by atoms with van der Waals surface area (Å²) in [6, 6.07) is 18.9. The van der Waals surface area contributed by atoms with E-state index in [1.54, 1.807) is 67.6 Å². The average molecular weight is 809 g/mol. The van der Waals surface area contributed by atoms with Gasteiger partial charge in [-0.25, -0.2) is 0 Å². The van der Waals surface area contributed by atoms with Crippen LogP contribution in [0.3, 0.4) is 0 Å². The van der Waals surface area contributed by atoms with Gasteiger partial charge in [0.05, 0.1) is 46.0 Å². The molecule has 314 valence electrons. The molecule has 1 saturated carbocycles. The molecule has 2 bridgehead atoms. The van der Waals surface area contributed by atoms with Gasteiger partial charge in [-0.3, -0.25) is 9.59 Å². The molecule has 8 N–H and O–H groups in total. The summed E-state index contributed by atoms with van der Waals surface area (Å²) in [5, 5.41) is 71.5. The summed E-state index contributed by atoms with van der Waals surface area (Å²) in [7, 11) is 4.35. The average Bonchev–Trinajstić information content (AvgIpc) is 3.39. The molecule has 1 saturated heterocycles. The predicted molar refractivity (Wildman–Crippen MR) is 206 cm³/mol. The maximum Gasteiger partial charge on any atom is 0.246 e. The Hall–Kier alpha value is -4.78. The molecule has 3 aliphatic rings. The minimum absolute atomic E-state index is 0.0436. The van der Waals surface area contributed by atoms with Gasteiger partial charge in [0.15, 0.2) is 11.9 Å². The molecule has 16 heteroatoms. The molecule has 1 unspecified atom stereocenters. The van der Waals surface area contributed by atoms with Gasteiger partial charge in [-0.1, -0.05) is 48.5 Å². The van der Waals surface area contributed by atoms with E-state index in [2.05, 4.69) is 10.6 Å². The fourth-order valence-electron chi connectivity index (χ4n) is 8.41. The molecule has 10 atom stereocenters. The second-order valence-corrected chi connectivity index (χ2v) is 14.6. The van der Waals surface area contributed by atoms with Crippen molar-refractivity contribution in [3.8, 4) is 23.0 Å². The number of methoxy groups -OCH3 is 3. The van der Waals surface area contributed by atoms with Gasteiger partial charge < -0.3 is 69.7 Å². The third-order valence-electron chi connectivity index (χ3n) is 11.3. The van der Waals surface area contributed by atoms with Crippen LogP contribution in [0.5, 0.6) is 23.0 Å². The van der Waals surface area contributed by atoms with Crippen LogP contribution in [-0.2, 0) is 30.3 Å². The van der Waals surface area contributed by atoms with E-state index >= 15 is 4.79 Å². The quantitative estimate of drug-likeness (QED) is 0.0737. The Morgan fingerprint density at radius 3 is 2.14 bits per heavy atom. The molecule has 2 fully saturated rings. The van der Waals surface area contributed by atoms with Gasteiger partial charge in [-0.05, 0) is 43.0 Å². The molecule has 2 aliphatic heterocycles. The molecule has 2 heterocycles. The lowest BCUT2D eigenvalue weighted by atomic mass is 9.75. The Morgan fingerprint density at radius 2 is 1.52 bits per heavy atom. The maximum atomic E-state index is 15.0. The summed E-state index contributed by atoms with van der Waals surface area (Å²) in [5.41, 5.74) is -2.76. The normalized spacial score (nSPS) is 30.1. The zero-order valence-electron chi connectivity index (χ0n) is 32.7. The summed E-state index contributed by atoms with van der Waals surface area (Å²) in [6.07, 6.45) is -7.80. The number of unbranched alkanes of at least 4 members (excludes halogenated alkanes) is 1. The lowest BCUT2D eigenvalue weighted by molar-refractivity contribution is -0.338. The van der Waals surface area contributed by atoms with E-state index in [0.717, 1.165) is 0 Å². The molecule has 0 radical (unpaired) electrons. The third-order valence-corrected chi connectivity index (χ3v) is 11.3. The topological polar surface area (TPSA) is 235 Å². The number of amides is 2. The minimum atomic E-state index is -2.36. The summed E-state index contributed by atoms with van der Waals surface area (Å²) in [4.78, 5) is 27.3. The van der Waals surface area contributed by atoms with Crippen molar-refractivity contribution in [2.45, 2.75) is 73.7 Å². The molecule has 16 nitrogen and oxygen atoms in total. The van der Waals surface area contributed by atoms with Crippen LogP contribution in [0.4, 0.5) is 0 Å². The van der Waals surface area contributed by atoms with Crippen LogP contribution < -0.4 is 29.6 Å². The number of fused-ring (bicyclic) bond motifs is 4. The van der Waals surface area contributed by atoms with E-state index in [-0.39, 0.29) is 36.1 Å². The Morgan fingerprint density at radius 1 is 0.845 bits per heavy atom. The summed E-state index contributed by atoms with van der Waals surface area (Å²) in [5.74, 6) is -2.34. The van der Waals surface area contributed by atoms with Crippen LogP contribution in [0.25, 0.3) is 0 Å². The van der Waals surface area contributed by atoms with Crippen LogP contribution in [0.2, 0.25) is 0 Å². The van der Waals surface area contributed by atoms with Crippen LogP contribution in [0.1, 0.15) is 42.4 Å². The van der Waals surface area contributed by atoms with Crippen LogP contribution >= 0.6 is 0 Å². The number of benzene rings is 3. The van der Waals surface area contributed by atoms with Crippen molar-refractivity contribution in [2.75, 3.05) is 47.6 Å². The molecular weight excluding hydrogens is 756 g/mol. The lowest BCUT2D eigenvalue weighted by Gasteiger charge is -2.50. The highest BCUT2D eigenvalue weighted by atomic mass is 16.7. The van der Waals surface area contributed by atoms with Crippen LogP contribution in [0.15, 0.2) is 78.4 Å². The van der Waals surface area contributed by atoms with Crippen molar-refractivity contribution in [2.24, 2.45) is 5.92 Å². The zero-order valence-corrected chi connectivity index (χ0v) is 32.7. The molecule has 0 aromatic heterocycles. The number of carbonyl (C=O) groups excluding carboxylic acids is 2. The molecule has 6 rings (SSSR count). The largest absolute Gasteiger partial charge is 0.497 e. The van der Waals surface area contributed by atoms with Gasteiger partial charge in [0.1, 0.15) is 59.1 Å². The SMILES string of the molecule is COc1ccc([C@@]23Oc4cc(OC)cc(OC)c4[C@@](O)(C2O[C@@H]2O[C@H](CO)[C@@H](O)[C@H](O)[C@H]2O)[C@H](C(=O)NCCCCNC(=O)/C(C)=C/CO)[C@H]3c2ccccc2)cc1. The molecule has 1 aliphatic carbocycles. The second-order valence-electron chi connectivity index (χ2n) is 14.6. The Balaban J connectivity index is 1.51. The van der Waals surface area contributed by atoms with Crippen molar-refractivity contribution in [1.29, 1.82) is 0 Å². The first-order chi connectivity index (χ1) is 27.9. The van der Waals surface area contributed by atoms with E-state index in [9.17, 15) is 30.3 Å². The number of aliphatic hydroxyl groups is 6. The minimum Gasteiger partial charge on any atom is -0.497 e. The molecule has 3 aromatic rings. The zero-order chi connectivity index (χ0) is 41.8. The molecule has 3 aromatic carbocycles. The first-order valence-corrected chi connectivity index (χ1v) is 19.1. The Kier molecular flexibility index (Phi) is 13.3. The van der Waals surface area contributed by atoms with Crippen molar-refractivity contribution >= 4 is 11.8 Å². The fourth-order valence-corrected chi connectivity index (χ4v) is 8.41. The highest BCUT2D eigenvalue weighted by Crippen LogP contribution is 2.69. The number of nitrogens with one attached hydrogen (secondary N) is 2. The third kappa shape index (κ3) is 7.62. The number of ether oxygens (including phenoxy) is 6. The molecule has 0 spiro atoms. The molecule has 58 heavy (non-hydrogen) atoms. The van der Waals surface area contributed by atoms with Crippen molar-refractivity contribution in [3.63, 3.8) is 0 Å². The first kappa shape index (κ1) is 42.8. The fraction of sp³-hybridized carbons (Fsp3) is 0.476. The van der Waals surface area contributed by atoms with Gasteiger partial charge in [-0.2, -0.15) is 0 Å². The summed E-state index contributed by atoms with van der Waals surface area (Å²) < 4.78 is 36.6. The first-order valence-electron chi connectivity index (χ1n) is 19.1. The second kappa shape index (κ2) is 18.0. The summed E-state index contributed by atoms with van der Waals surface area (Å²) in [6.45, 7) is 1.05. The van der Waals surface area contributed by atoms with Gasteiger partial charge in [0.25, 0.3) is 0 Å². The van der Waals surface area contributed by atoms with E-state index in [0.29, 0.717) is 47.6 Å².